The molecule has 0 aliphatic heterocycles. The van der Waals surface area contributed by atoms with Crippen LogP contribution < -0.4 is 11.1 Å². The molecule has 0 saturated carbocycles. The molecule has 2 rings (SSSR count). The Labute approximate surface area is 97.2 Å². The number of rotatable bonds is 3. The summed E-state index contributed by atoms with van der Waals surface area (Å²) in [5.74, 6) is -0.0638. The predicted octanol–water partition coefficient (Wildman–Crippen LogP) is 0.632. The third-order valence-electron chi connectivity index (χ3n) is 2.35. The number of nitrogens with zero attached hydrogens (tertiary/aromatic N) is 2. The van der Waals surface area contributed by atoms with Crippen LogP contribution >= 0.6 is 11.3 Å². The van der Waals surface area contributed by atoms with Crippen molar-refractivity contribution in [2.45, 2.75) is 6.92 Å². The van der Waals surface area contributed by atoms with E-state index in [4.69, 9.17) is 5.73 Å². The molecule has 2 aromatic rings. The molecule has 0 aliphatic carbocycles. The van der Waals surface area contributed by atoms with Crippen LogP contribution in [-0.4, -0.2) is 28.8 Å². The Hall–Kier alpha value is -1.40. The molecule has 0 aromatic carbocycles. The van der Waals surface area contributed by atoms with Gasteiger partial charge in [0.1, 0.15) is 4.83 Å². The number of amides is 1. The van der Waals surface area contributed by atoms with Gasteiger partial charge in [0.15, 0.2) is 0 Å². The number of carbonyl (C=O) groups excluding carboxylic acids is 1. The molecule has 2 aromatic heterocycles. The minimum Gasteiger partial charge on any atom is -0.350 e. The molecular weight excluding hydrogens is 224 g/mol. The molecule has 3 N–H and O–H groups in total. The first-order chi connectivity index (χ1) is 7.63. The molecule has 1 amide bonds. The predicted molar refractivity (Wildman–Crippen MR) is 64.7 cm³/mol. The van der Waals surface area contributed by atoms with Crippen LogP contribution in [0.1, 0.15) is 15.4 Å². The first-order valence-electron chi connectivity index (χ1n) is 5.05. The van der Waals surface area contributed by atoms with E-state index in [-0.39, 0.29) is 5.91 Å². The highest BCUT2D eigenvalue weighted by Crippen LogP contribution is 2.27. The first kappa shape index (κ1) is 11.1. The van der Waals surface area contributed by atoms with Crippen LogP contribution in [0, 0.1) is 6.92 Å². The van der Waals surface area contributed by atoms with Crippen molar-refractivity contribution in [3.05, 3.63) is 16.6 Å². The smallest absolute Gasteiger partial charge is 0.261 e. The maximum absolute atomic E-state index is 11.7. The summed E-state index contributed by atoms with van der Waals surface area (Å²) in [6.07, 6.45) is 0. The number of aromatic nitrogens is 2. The van der Waals surface area contributed by atoms with Crippen LogP contribution in [0.15, 0.2) is 6.07 Å². The summed E-state index contributed by atoms with van der Waals surface area (Å²) >= 11 is 1.45. The fraction of sp³-hybridized carbons (Fsp3) is 0.400. The highest BCUT2D eigenvalue weighted by Gasteiger charge is 2.14. The molecule has 16 heavy (non-hydrogen) atoms. The Morgan fingerprint density at radius 1 is 1.69 bits per heavy atom. The van der Waals surface area contributed by atoms with Crippen LogP contribution in [0.5, 0.6) is 0 Å². The van der Waals surface area contributed by atoms with E-state index in [1.807, 2.05) is 20.0 Å². The van der Waals surface area contributed by atoms with Crippen molar-refractivity contribution in [3.8, 4) is 0 Å². The van der Waals surface area contributed by atoms with Gasteiger partial charge in [-0.3, -0.25) is 9.48 Å². The molecule has 86 valence electrons. The average molecular weight is 238 g/mol. The zero-order valence-electron chi connectivity index (χ0n) is 9.28. The molecule has 5 nitrogen and oxygen atoms in total. The Bertz CT molecular complexity index is 494. The van der Waals surface area contributed by atoms with Gasteiger partial charge in [-0.2, -0.15) is 5.10 Å². The molecule has 0 saturated heterocycles. The SMILES string of the molecule is Cc1nn(C)c2sc(C(=O)NCCN)cc12. The lowest BCUT2D eigenvalue weighted by atomic mass is 10.3. The van der Waals surface area contributed by atoms with Crippen LogP contribution in [0.2, 0.25) is 0 Å². The van der Waals surface area contributed by atoms with Crippen LogP contribution in [-0.2, 0) is 7.05 Å². The number of hydrogen-bond donors (Lipinski definition) is 2. The number of carbonyl (C=O) groups is 1. The third kappa shape index (κ3) is 1.81. The van der Waals surface area contributed by atoms with Gasteiger partial charge in [-0.1, -0.05) is 0 Å². The molecule has 0 unspecified atom stereocenters. The lowest BCUT2D eigenvalue weighted by Crippen LogP contribution is -2.28. The van der Waals surface area contributed by atoms with Crippen molar-refractivity contribution in [1.29, 1.82) is 0 Å². The van der Waals surface area contributed by atoms with Gasteiger partial charge in [0.05, 0.1) is 10.6 Å². The number of fused-ring (bicyclic) bond motifs is 1. The molecule has 6 heteroatoms. The highest BCUT2D eigenvalue weighted by atomic mass is 32.1. The second-order valence-corrected chi connectivity index (χ2v) is 4.61. The van der Waals surface area contributed by atoms with Gasteiger partial charge in [0.2, 0.25) is 0 Å². The highest BCUT2D eigenvalue weighted by molar-refractivity contribution is 7.20. The maximum Gasteiger partial charge on any atom is 0.261 e. The molecular formula is C10H14N4OS. The standard InChI is InChI=1S/C10H14N4OS/c1-6-7-5-8(9(15)12-4-3-11)16-10(7)14(2)13-6/h5H,3-4,11H2,1-2H3,(H,12,15). The second kappa shape index (κ2) is 4.23. The lowest BCUT2D eigenvalue weighted by molar-refractivity contribution is 0.0959. The van der Waals surface area contributed by atoms with Crippen molar-refractivity contribution in [1.82, 2.24) is 15.1 Å². The van der Waals surface area contributed by atoms with E-state index in [0.717, 1.165) is 15.9 Å². The minimum atomic E-state index is -0.0638. The quantitative estimate of drug-likeness (QED) is 0.823. The number of aryl methyl sites for hydroxylation is 2. The number of thiophene rings is 1. The number of nitrogens with one attached hydrogen (secondary N) is 1. The summed E-state index contributed by atoms with van der Waals surface area (Å²) in [5, 5.41) is 8.09. The molecule has 0 atom stereocenters. The monoisotopic (exact) mass is 238 g/mol. The van der Waals surface area contributed by atoms with E-state index in [0.29, 0.717) is 18.0 Å². The summed E-state index contributed by atoms with van der Waals surface area (Å²) in [7, 11) is 1.88. The third-order valence-corrected chi connectivity index (χ3v) is 3.55. The van der Waals surface area contributed by atoms with Gasteiger partial charge in [0.25, 0.3) is 5.91 Å². The van der Waals surface area contributed by atoms with Crippen molar-refractivity contribution in [3.63, 3.8) is 0 Å². The number of nitrogens with two attached hydrogens (primary N) is 1. The normalized spacial score (nSPS) is 10.9. The van der Waals surface area contributed by atoms with Gasteiger partial charge < -0.3 is 11.1 Å². The zero-order chi connectivity index (χ0) is 11.7. The Morgan fingerprint density at radius 2 is 2.44 bits per heavy atom. The summed E-state index contributed by atoms with van der Waals surface area (Å²) in [5.41, 5.74) is 6.28. The van der Waals surface area contributed by atoms with Crippen molar-refractivity contribution >= 4 is 27.5 Å². The van der Waals surface area contributed by atoms with Crippen LogP contribution in [0.4, 0.5) is 0 Å². The average Bonchev–Trinajstić information content (AvgIpc) is 2.79. The molecule has 0 bridgehead atoms. The summed E-state index contributed by atoms with van der Waals surface area (Å²) in [6.45, 7) is 2.90. The fourth-order valence-electron chi connectivity index (χ4n) is 1.59. The van der Waals surface area contributed by atoms with Gasteiger partial charge in [-0.25, -0.2) is 0 Å². The fourth-order valence-corrected chi connectivity index (χ4v) is 2.63. The van der Waals surface area contributed by atoms with E-state index in [1.165, 1.54) is 11.3 Å². The van der Waals surface area contributed by atoms with E-state index < -0.39 is 0 Å². The topological polar surface area (TPSA) is 72.9 Å². The molecule has 0 radical (unpaired) electrons. The molecule has 0 fully saturated rings. The largest absolute Gasteiger partial charge is 0.350 e. The van der Waals surface area contributed by atoms with Crippen LogP contribution in [0.3, 0.4) is 0 Å². The van der Waals surface area contributed by atoms with Crippen molar-refractivity contribution < 1.29 is 4.79 Å². The van der Waals surface area contributed by atoms with Gasteiger partial charge in [-0.15, -0.1) is 11.3 Å². The van der Waals surface area contributed by atoms with Gasteiger partial charge >= 0.3 is 0 Å². The number of hydrogen-bond acceptors (Lipinski definition) is 4. The van der Waals surface area contributed by atoms with Crippen molar-refractivity contribution in [2.24, 2.45) is 12.8 Å². The Morgan fingerprint density at radius 3 is 3.06 bits per heavy atom. The summed E-state index contributed by atoms with van der Waals surface area (Å²) in [6, 6.07) is 1.88. The van der Waals surface area contributed by atoms with Gasteiger partial charge in [0, 0.05) is 25.5 Å². The second-order valence-electron chi connectivity index (χ2n) is 3.58. The van der Waals surface area contributed by atoms with E-state index >= 15 is 0 Å². The van der Waals surface area contributed by atoms with E-state index in [9.17, 15) is 4.79 Å². The Balaban J connectivity index is 2.32. The summed E-state index contributed by atoms with van der Waals surface area (Å²) < 4.78 is 1.80. The van der Waals surface area contributed by atoms with Crippen molar-refractivity contribution in [2.75, 3.05) is 13.1 Å². The lowest BCUT2D eigenvalue weighted by Gasteiger charge is -1.99. The zero-order valence-corrected chi connectivity index (χ0v) is 10.1. The Kier molecular flexibility index (Phi) is 2.93. The summed E-state index contributed by atoms with van der Waals surface area (Å²) in [4.78, 5) is 13.4. The molecule has 0 spiro atoms. The maximum atomic E-state index is 11.7. The minimum absolute atomic E-state index is 0.0638. The van der Waals surface area contributed by atoms with E-state index in [1.54, 1.807) is 4.68 Å². The molecule has 0 aliphatic rings. The van der Waals surface area contributed by atoms with Gasteiger partial charge in [-0.05, 0) is 13.0 Å². The van der Waals surface area contributed by atoms with E-state index in [2.05, 4.69) is 10.4 Å². The molecule has 2 heterocycles. The first-order valence-corrected chi connectivity index (χ1v) is 5.86. The van der Waals surface area contributed by atoms with Crippen LogP contribution in [0.25, 0.3) is 10.2 Å².